The molecule has 1 heteroatoms. The molecule has 0 aliphatic rings. The molecule has 0 saturated heterocycles. The molecule has 0 nitrogen and oxygen atoms in total. The smallest absolute Gasteiger partial charge is 0.0478 e. The summed E-state index contributed by atoms with van der Waals surface area (Å²) in [6, 6.07) is 9.43. The highest BCUT2D eigenvalue weighted by atomic mass is 35.5. The monoisotopic (exact) mass is 137 g/mol. The van der Waals surface area contributed by atoms with Crippen molar-refractivity contribution < 1.29 is 0 Å². The molecule has 0 aliphatic heterocycles. The summed E-state index contributed by atoms with van der Waals surface area (Å²) in [5, 5.41) is 0.343. The number of hydrogen-bond acceptors (Lipinski definition) is 0. The molecule has 0 N–H and O–H groups in total. The molecule has 0 fully saturated rings. The fraction of sp³-hybridized carbons (Fsp3) is 0. The van der Waals surface area contributed by atoms with E-state index < -0.39 is 0 Å². The maximum Gasteiger partial charge on any atom is 0.0478 e. The third kappa shape index (κ3) is 1.58. The van der Waals surface area contributed by atoms with Crippen molar-refractivity contribution >= 4 is 16.6 Å². The Kier molecular flexibility index (Phi) is 1.91. The summed E-state index contributed by atoms with van der Waals surface area (Å²) >= 11 is 5.50. The van der Waals surface area contributed by atoms with Crippen LogP contribution in [0.5, 0.6) is 0 Å². The van der Waals surface area contributed by atoms with E-state index in [1.807, 2.05) is 30.3 Å². The Labute approximate surface area is 59.8 Å². The van der Waals surface area contributed by atoms with E-state index in [1.165, 1.54) is 0 Å². The second-order valence-corrected chi connectivity index (χ2v) is 2.12. The Morgan fingerprint density at radius 2 is 1.78 bits per heavy atom. The first-order chi connectivity index (χ1) is 4.30. The summed E-state index contributed by atoms with van der Waals surface area (Å²) < 4.78 is 0. The van der Waals surface area contributed by atoms with E-state index in [0.29, 0.717) is 5.03 Å². The van der Waals surface area contributed by atoms with E-state index in [1.54, 1.807) is 0 Å². The topological polar surface area (TPSA) is 0 Å². The predicted octanol–water partition coefficient (Wildman–Crippen LogP) is 2.70. The molecule has 1 rings (SSSR count). The molecule has 0 aliphatic carbocycles. The van der Waals surface area contributed by atoms with Gasteiger partial charge in [-0.1, -0.05) is 41.9 Å². The third-order valence-corrected chi connectivity index (χ3v) is 1.27. The summed E-state index contributed by atoms with van der Waals surface area (Å²) in [7, 11) is 0. The maximum absolute atomic E-state index is 5.50. The van der Waals surface area contributed by atoms with Crippen molar-refractivity contribution in [3.05, 3.63) is 42.5 Å². The molecule has 1 radical (unpaired) electrons. The van der Waals surface area contributed by atoms with Gasteiger partial charge in [0, 0.05) is 5.03 Å². The fourth-order valence-electron chi connectivity index (χ4n) is 0.597. The van der Waals surface area contributed by atoms with Gasteiger partial charge in [-0.05, 0) is 12.1 Å². The lowest BCUT2D eigenvalue weighted by atomic mass is 10.2. The zero-order chi connectivity index (χ0) is 6.69. The Morgan fingerprint density at radius 3 is 2.11 bits per heavy atom. The highest BCUT2D eigenvalue weighted by Crippen LogP contribution is 2.13. The van der Waals surface area contributed by atoms with Crippen molar-refractivity contribution in [3.8, 4) is 0 Å². The molecule has 0 bridgehead atoms. The third-order valence-electron chi connectivity index (χ3n) is 1.05. The van der Waals surface area contributed by atoms with Gasteiger partial charge in [0.15, 0.2) is 0 Å². The van der Waals surface area contributed by atoms with Crippen molar-refractivity contribution in [1.82, 2.24) is 0 Å². The van der Waals surface area contributed by atoms with Crippen molar-refractivity contribution in [3.63, 3.8) is 0 Å². The van der Waals surface area contributed by atoms with Crippen LogP contribution in [0.4, 0.5) is 0 Å². The summed E-state index contributed by atoms with van der Waals surface area (Å²) in [6.45, 7) is 5.30. The van der Waals surface area contributed by atoms with Crippen LogP contribution in [-0.2, 0) is 0 Å². The van der Waals surface area contributed by atoms with Crippen molar-refractivity contribution in [2.24, 2.45) is 0 Å². The van der Waals surface area contributed by atoms with E-state index in [4.69, 9.17) is 18.2 Å². The summed E-state index contributed by atoms with van der Waals surface area (Å²) in [4.78, 5) is 0. The minimum absolute atomic E-state index is 0.343. The lowest BCUT2D eigenvalue weighted by Crippen LogP contribution is -1.70. The van der Waals surface area contributed by atoms with Crippen LogP contribution in [0, 0.1) is 6.58 Å². The van der Waals surface area contributed by atoms with Crippen molar-refractivity contribution in [2.75, 3.05) is 0 Å². The number of hydrogen-bond donors (Lipinski definition) is 0. The summed E-state index contributed by atoms with van der Waals surface area (Å²) in [5.41, 5.74) is 0.874. The Bertz CT molecular complexity index is 201. The Balaban J connectivity index is 2.98. The molecule has 0 saturated carbocycles. The first-order valence-electron chi connectivity index (χ1n) is 2.64. The molecular formula is C8H6Cl. The minimum Gasteiger partial charge on any atom is -0.0837 e. The molecule has 0 heterocycles. The molecule has 45 valence electrons. The van der Waals surface area contributed by atoms with Crippen LogP contribution in [0.1, 0.15) is 5.56 Å². The number of rotatable bonds is 1. The van der Waals surface area contributed by atoms with Crippen LogP contribution in [0.2, 0.25) is 0 Å². The molecule has 0 spiro atoms. The lowest BCUT2D eigenvalue weighted by Gasteiger charge is -1.92. The van der Waals surface area contributed by atoms with Gasteiger partial charge in [-0.2, -0.15) is 0 Å². The van der Waals surface area contributed by atoms with Gasteiger partial charge in [-0.3, -0.25) is 0 Å². The summed E-state index contributed by atoms with van der Waals surface area (Å²) in [5.74, 6) is 0. The normalized spacial score (nSPS) is 9.00. The van der Waals surface area contributed by atoms with Crippen molar-refractivity contribution in [2.45, 2.75) is 0 Å². The van der Waals surface area contributed by atoms with Gasteiger partial charge in [0.1, 0.15) is 0 Å². The van der Waals surface area contributed by atoms with E-state index in [9.17, 15) is 0 Å². The van der Waals surface area contributed by atoms with Crippen LogP contribution in [0.25, 0.3) is 5.03 Å². The molecule has 0 amide bonds. The van der Waals surface area contributed by atoms with Crippen LogP contribution < -0.4 is 0 Å². The minimum atomic E-state index is 0.343. The average molecular weight is 138 g/mol. The van der Waals surface area contributed by atoms with Gasteiger partial charge in [-0.25, -0.2) is 0 Å². The molecule has 0 atom stereocenters. The molecule has 1 aromatic carbocycles. The first-order valence-corrected chi connectivity index (χ1v) is 3.02. The standard InChI is InChI=1S/C8H6Cl/c1-7(9)8-5-3-2-4-6-8/h1-6H. The average Bonchev–Trinajstić information content (AvgIpc) is 1.90. The van der Waals surface area contributed by atoms with Gasteiger partial charge in [-0.15, -0.1) is 0 Å². The van der Waals surface area contributed by atoms with Crippen LogP contribution >= 0.6 is 11.6 Å². The molecule has 0 aromatic heterocycles. The largest absolute Gasteiger partial charge is 0.0837 e. The summed E-state index contributed by atoms with van der Waals surface area (Å²) in [6.07, 6.45) is 0. The predicted molar refractivity (Wildman–Crippen MR) is 40.0 cm³/mol. The highest BCUT2D eigenvalue weighted by molar-refractivity contribution is 6.47. The van der Waals surface area contributed by atoms with Gasteiger partial charge in [0.25, 0.3) is 0 Å². The maximum atomic E-state index is 5.50. The Hall–Kier alpha value is -0.750. The SMILES string of the molecule is [CH]=C(Cl)c1ccccc1. The van der Waals surface area contributed by atoms with Gasteiger partial charge < -0.3 is 0 Å². The molecule has 1 aromatic rings. The van der Waals surface area contributed by atoms with E-state index in [-0.39, 0.29) is 0 Å². The first kappa shape index (κ1) is 6.37. The van der Waals surface area contributed by atoms with Crippen LogP contribution in [0.15, 0.2) is 30.3 Å². The van der Waals surface area contributed by atoms with Gasteiger partial charge in [0.05, 0.1) is 0 Å². The molecule has 0 unspecified atom stereocenters. The zero-order valence-corrected chi connectivity index (χ0v) is 5.60. The lowest BCUT2D eigenvalue weighted by molar-refractivity contribution is 1.65. The highest BCUT2D eigenvalue weighted by Gasteiger charge is 1.89. The van der Waals surface area contributed by atoms with Crippen LogP contribution in [0.3, 0.4) is 0 Å². The van der Waals surface area contributed by atoms with Gasteiger partial charge >= 0.3 is 0 Å². The van der Waals surface area contributed by atoms with E-state index >= 15 is 0 Å². The van der Waals surface area contributed by atoms with E-state index in [2.05, 4.69) is 0 Å². The second-order valence-electron chi connectivity index (χ2n) is 1.71. The van der Waals surface area contributed by atoms with E-state index in [0.717, 1.165) is 5.56 Å². The Morgan fingerprint density at radius 1 is 1.22 bits per heavy atom. The molecule has 9 heavy (non-hydrogen) atoms. The van der Waals surface area contributed by atoms with Gasteiger partial charge in [0.2, 0.25) is 0 Å². The van der Waals surface area contributed by atoms with Crippen molar-refractivity contribution in [1.29, 1.82) is 0 Å². The fourth-order valence-corrected chi connectivity index (χ4v) is 0.723. The zero-order valence-electron chi connectivity index (χ0n) is 4.84. The second kappa shape index (κ2) is 2.70. The van der Waals surface area contributed by atoms with Crippen LogP contribution in [-0.4, -0.2) is 0 Å². The molecular weight excluding hydrogens is 132 g/mol. The number of halogens is 1. The number of benzene rings is 1. The quantitative estimate of drug-likeness (QED) is 0.558.